The molecule has 0 bridgehead atoms. The van der Waals surface area contributed by atoms with Gasteiger partial charge < -0.3 is 15.5 Å². The first-order valence-corrected chi connectivity index (χ1v) is 7.34. The zero-order chi connectivity index (χ0) is 13.7. The molecule has 1 aromatic carbocycles. The van der Waals surface area contributed by atoms with Crippen LogP contribution in [0.1, 0.15) is 23.1 Å². The number of benzene rings is 1. The van der Waals surface area contributed by atoms with Gasteiger partial charge in [0, 0.05) is 32.2 Å². The summed E-state index contributed by atoms with van der Waals surface area (Å²) in [5, 5.41) is 7.05. The van der Waals surface area contributed by atoms with E-state index in [-0.39, 0.29) is 0 Å². The molecular formula is C16H27N3. The molecule has 1 fully saturated rings. The van der Waals surface area contributed by atoms with Crippen LogP contribution in [0.5, 0.6) is 0 Å². The fourth-order valence-corrected chi connectivity index (χ4v) is 2.67. The molecule has 106 valence electrons. The molecule has 1 saturated heterocycles. The van der Waals surface area contributed by atoms with E-state index in [0.717, 1.165) is 26.2 Å². The van der Waals surface area contributed by atoms with Crippen LogP contribution in [0.2, 0.25) is 0 Å². The minimum Gasteiger partial charge on any atom is -0.314 e. The molecule has 1 atom stereocenters. The van der Waals surface area contributed by atoms with Crippen molar-refractivity contribution in [3.63, 3.8) is 0 Å². The number of likely N-dealkylation sites (N-methyl/N-ethyl adjacent to an activating group) is 1. The van der Waals surface area contributed by atoms with Gasteiger partial charge in [-0.05, 0) is 45.0 Å². The molecule has 1 aliphatic heterocycles. The Morgan fingerprint density at radius 1 is 1.37 bits per heavy atom. The van der Waals surface area contributed by atoms with Crippen molar-refractivity contribution >= 4 is 0 Å². The second-order valence-corrected chi connectivity index (χ2v) is 5.73. The second kappa shape index (κ2) is 7.04. The SMILES string of the molecule is Cc1ccc(C)c(CNCCC2CNCCN2C)c1. The lowest BCUT2D eigenvalue weighted by molar-refractivity contribution is 0.189. The van der Waals surface area contributed by atoms with Crippen LogP contribution in [-0.2, 0) is 6.54 Å². The predicted molar refractivity (Wildman–Crippen MR) is 81.5 cm³/mol. The molecule has 3 nitrogen and oxygen atoms in total. The van der Waals surface area contributed by atoms with Crippen molar-refractivity contribution in [3.8, 4) is 0 Å². The third-order valence-corrected chi connectivity index (χ3v) is 4.12. The van der Waals surface area contributed by atoms with Gasteiger partial charge >= 0.3 is 0 Å². The van der Waals surface area contributed by atoms with Crippen LogP contribution in [0, 0.1) is 13.8 Å². The number of aryl methyl sites for hydroxylation is 2. The van der Waals surface area contributed by atoms with Crippen LogP contribution in [0.25, 0.3) is 0 Å². The highest BCUT2D eigenvalue weighted by Gasteiger charge is 2.17. The topological polar surface area (TPSA) is 27.3 Å². The molecule has 0 aliphatic carbocycles. The Kier molecular flexibility index (Phi) is 5.37. The van der Waals surface area contributed by atoms with Gasteiger partial charge in [0.05, 0.1) is 0 Å². The lowest BCUT2D eigenvalue weighted by atomic mass is 10.1. The summed E-state index contributed by atoms with van der Waals surface area (Å²) in [6, 6.07) is 7.36. The molecule has 1 unspecified atom stereocenters. The predicted octanol–water partition coefficient (Wildman–Crippen LogP) is 1.69. The van der Waals surface area contributed by atoms with Gasteiger partial charge in [0.2, 0.25) is 0 Å². The van der Waals surface area contributed by atoms with E-state index in [1.54, 1.807) is 0 Å². The fourth-order valence-electron chi connectivity index (χ4n) is 2.67. The van der Waals surface area contributed by atoms with E-state index >= 15 is 0 Å². The molecule has 2 rings (SSSR count). The van der Waals surface area contributed by atoms with E-state index in [1.165, 1.54) is 29.7 Å². The van der Waals surface area contributed by atoms with E-state index in [9.17, 15) is 0 Å². The van der Waals surface area contributed by atoms with E-state index in [0.29, 0.717) is 6.04 Å². The molecule has 0 amide bonds. The molecule has 3 heteroatoms. The Hall–Kier alpha value is -0.900. The number of nitrogens with one attached hydrogen (secondary N) is 2. The Labute approximate surface area is 117 Å². The van der Waals surface area contributed by atoms with Gasteiger partial charge in [0.15, 0.2) is 0 Å². The van der Waals surface area contributed by atoms with Crippen LogP contribution < -0.4 is 10.6 Å². The normalized spacial score (nSPS) is 20.7. The number of piperazine rings is 1. The lowest BCUT2D eigenvalue weighted by Gasteiger charge is -2.33. The van der Waals surface area contributed by atoms with Crippen molar-refractivity contribution in [3.05, 3.63) is 34.9 Å². The first-order chi connectivity index (χ1) is 9.16. The summed E-state index contributed by atoms with van der Waals surface area (Å²) in [5.74, 6) is 0. The standard InChI is InChI=1S/C16H27N3/c1-13-4-5-14(2)15(10-13)11-17-7-6-16-12-18-8-9-19(16)3/h4-5,10,16-18H,6-9,11-12H2,1-3H3. The van der Waals surface area contributed by atoms with Crippen LogP contribution >= 0.6 is 0 Å². The van der Waals surface area contributed by atoms with Crippen LogP contribution in [0.4, 0.5) is 0 Å². The average molecular weight is 261 g/mol. The largest absolute Gasteiger partial charge is 0.314 e. The number of hydrogen-bond donors (Lipinski definition) is 2. The van der Waals surface area contributed by atoms with Crippen LogP contribution in [0.15, 0.2) is 18.2 Å². The van der Waals surface area contributed by atoms with Gasteiger partial charge in [-0.3, -0.25) is 0 Å². The summed E-state index contributed by atoms with van der Waals surface area (Å²) in [6.07, 6.45) is 1.22. The van der Waals surface area contributed by atoms with Gasteiger partial charge in [0.25, 0.3) is 0 Å². The fraction of sp³-hybridized carbons (Fsp3) is 0.625. The zero-order valence-electron chi connectivity index (χ0n) is 12.5. The Bertz CT molecular complexity index is 403. The Balaban J connectivity index is 1.73. The monoisotopic (exact) mass is 261 g/mol. The van der Waals surface area contributed by atoms with E-state index in [4.69, 9.17) is 0 Å². The third kappa shape index (κ3) is 4.30. The maximum atomic E-state index is 3.58. The smallest absolute Gasteiger partial charge is 0.0230 e. The van der Waals surface area contributed by atoms with Gasteiger partial charge in [-0.2, -0.15) is 0 Å². The molecule has 1 aromatic rings. The van der Waals surface area contributed by atoms with Crippen molar-refractivity contribution in [2.75, 3.05) is 33.2 Å². The maximum absolute atomic E-state index is 3.58. The summed E-state index contributed by atoms with van der Waals surface area (Å²) in [4.78, 5) is 2.47. The summed E-state index contributed by atoms with van der Waals surface area (Å²) >= 11 is 0. The molecule has 2 N–H and O–H groups in total. The highest BCUT2D eigenvalue weighted by Crippen LogP contribution is 2.10. The molecule has 0 aromatic heterocycles. The van der Waals surface area contributed by atoms with Crippen molar-refractivity contribution < 1.29 is 0 Å². The van der Waals surface area contributed by atoms with Crippen LogP contribution in [-0.4, -0.2) is 44.2 Å². The average Bonchev–Trinajstić information content (AvgIpc) is 2.40. The van der Waals surface area contributed by atoms with Crippen molar-refractivity contribution in [1.82, 2.24) is 15.5 Å². The quantitative estimate of drug-likeness (QED) is 0.790. The summed E-state index contributed by atoms with van der Waals surface area (Å²) < 4.78 is 0. The second-order valence-electron chi connectivity index (χ2n) is 5.73. The maximum Gasteiger partial charge on any atom is 0.0230 e. The summed E-state index contributed by atoms with van der Waals surface area (Å²) in [7, 11) is 2.23. The Morgan fingerprint density at radius 2 is 2.21 bits per heavy atom. The van der Waals surface area contributed by atoms with E-state index in [1.807, 2.05) is 0 Å². The highest BCUT2D eigenvalue weighted by atomic mass is 15.2. The molecular weight excluding hydrogens is 234 g/mol. The van der Waals surface area contributed by atoms with Gasteiger partial charge in [-0.15, -0.1) is 0 Å². The molecule has 1 heterocycles. The molecule has 19 heavy (non-hydrogen) atoms. The number of rotatable bonds is 5. The summed E-state index contributed by atoms with van der Waals surface area (Å²) in [5.41, 5.74) is 4.16. The number of hydrogen-bond acceptors (Lipinski definition) is 3. The summed E-state index contributed by atoms with van der Waals surface area (Å²) in [6.45, 7) is 9.84. The first kappa shape index (κ1) is 14.5. The molecule has 1 aliphatic rings. The zero-order valence-corrected chi connectivity index (χ0v) is 12.5. The minimum atomic E-state index is 0.680. The van der Waals surface area contributed by atoms with Crippen molar-refractivity contribution in [2.45, 2.75) is 32.9 Å². The van der Waals surface area contributed by atoms with Gasteiger partial charge in [-0.1, -0.05) is 23.8 Å². The molecule has 0 radical (unpaired) electrons. The van der Waals surface area contributed by atoms with Crippen molar-refractivity contribution in [1.29, 1.82) is 0 Å². The van der Waals surface area contributed by atoms with Gasteiger partial charge in [-0.25, -0.2) is 0 Å². The Morgan fingerprint density at radius 3 is 3.00 bits per heavy atom. The van der Waals surface area contributed by atoms with Gasteiger partial charge in [0.1, 0.15) is 0 Å². The minimum absolute atomic E-state index is 0.680. The van der Waals surface area contributed by atoms with E-state index in [2.05, 4.69) is 54.6 Å². The third-order valence-electron chi connectivity index (χ3n) is 4.12. The van der Waals surface area contributed by atoms with Crippen LogP contribution in [0.3, 0.4) is 0 Å². The number of nitrogens with zero attached hydrogens (tertiary/aromatic N) is 1. The lowest BCUT2D eigenvalue weighted by Crippen LogP contribution is -2.50. The van der Waals surface area contributed by atoms with Crippen molar-refractivity contribution in [2.24, 2.45) is 0 Å². The molecule has 0 spiro atoms. The highest BCUT2D eigenvalue weighted by molar-refractivity contribution is 5.30. The first-order valence-electron chi connectivity index (χ1n) is 7.34. The molecule has 0 saturated carbocycles. The van der Waals surface area contributed by atoms with E-state index < -0.39 is 0 Å².